The molecular weight excluding hydrogens is 274 g/mol. The summed E-state index contributed by atoms with van der Waals surface area (Å²) in [6.07, 6.45) is 1.75. The van der Waals surface area contributed by atoms with E-state index in [1.807, 2.05) is 36.4 Å². The predicted octanol–water partition coefficient (Wildman–Crippen LogP) is 3.56. The molecule has 1 aliphatic rings. The Hall–Kier alpha value is -1.29. The molecule has 1 N–H and O–H groups in total. The number of aliphatic hydroxyl groups is 1. The van der Waals surface area contributed by atoms with Crippen LogP contribution in [0.3, 0.4) is 0 Å². The van der Waals surface area contributed by atoms with E-state index in [1.165, 1.54) is 0 Å². The Morgan fingerprint density at radius 2 is 2.20 bits per heavy atom. The van der Waals surface area contributed by atoms with Crippen LogP contribution in [-0.4, -0.2) is 29.2 Å². The van der Waals surface area contributed by atoms with Gasteiger partial charge in [-0.3, -0.25) is 4.90 Å². The van der Waals surface area contributed by atoms with Crippen LogP contribution in [0.4, 0.5) is 0 Å². The summed E-state index contributed by atoms with van der Waals surface area (Å²) in [5, 5.41) is 10.4. The zero-order chi connectivity index (χ0) is 13.9. The van der Waals surface area contributed by atoms with Crippen LogP contribution in [0.1, 0.15) is 18.6 Å². The van der Waals surface area contributed by atoms with E-state index in [2.05, 4.69) is 4.90 Å². The minimum atomic E-state index is -0.203. The van der Waals surface area contributed by atoms with Crippen LogP contribution >= 0.6 is 11.6 Å². The number of halogens is 1. The van der Waals surface area contributed by atoms with Gasteiger partial charge >= 0.3 is 0 Å². The molecule has 0 amide bonds. The first-order valence-electron chi connectivity index (χ1n) is 6.96. The molecule has 0 spiro atoms. The number of likely N-dealkylation sites (tertiary alicyclic amines) is 1. The Balaban J connectivity index is 1.70. The first kappa shape index (κ1) is 13.7. The Morgan fingerprint density at radius 3 is 3.00 bits per heavy atom. The third-order valence-corrected chi connectivity index (χ3v) is 3.87. The summed E-state index contributed by atoms with van der Waals surface area (Å²) in [5.41, 5.74) is 0.988. The van der Waals surface area contributed by atoms with Gasteiger partial charge in [0.1, 0.15) is 11.5 Å². The monoisotopic (exact) mass is 291 g/mol. The van der Waals surface area contributed by atoms with Crippen molar-refractivity contribution in [3.63, 3.8) is 0 Å². The van der Waals surface area contributed by atoms with Crippen LogP contribution in [0.15, 0.2) is 40.8 Å². The standard InChI is InChI=1S/C16H18ClNO2/c17-13-4-1-3-12(9-13)16-7-6-15(20-16)11-18-8-2-5-14(19)10-18/h1,3-4,6-7,9,14,19H,2,5,8,10-11H2. The van der Waals surface area contributed by atoms with E-state index in [0.717, 1.165) is 49.6 Å². The number of piperidine rings is 1. The van der Waals surface area contributed by atoms with Gasteiger partial charge in [0, 0.05) is 17.1 Å². The minimum absolute atomic E-state index is 0.203. The van der Waals surface area contributed by atoms with Crippen LogP contribution in [0, 0.1) is 0 Å². The number of aliphatic hydroxyl groups excluding tert-OH is 1. The molecule has 1 unspecified atom stereocenters. The summed E-state index contributed by atoms with van der Waals surface area (Å²) >= 11 is 6.00. The van der Waals surface area contributed by atoms with E-state index in [1.54, 1.807) is 0 Å². The Labute approximate surface area is 123 Å². The van der Waals surface area contributed by atoms with Gasteiger partial charge in [-0.05, 0) is 43.7 Å². The highest BCUT2D eigenvalue weighted by Gasteiger charge is 2.18. The van der Waals surface area contributed by atoms with E-state index in [0.29, 0.717) is 5.02 Å². The Bertz CT molecular complexity index is 581. The molecule has 3 rings (SSSR count). The molecule has 20 heavy (non-hydrogen) atoms. The Morgan fingerprint density at radius 1 is 1.30 bits per heavy atom. The maximum Gasteiger partial charge on any atom is 0.134 e. The van der Waals surface area contributed by atoms with Crippen molar-refractivity contribution in [1.29, 1.82) is 0 Å². The quantitative estimate of drug-likeness (QED) is 0.939. The van der Waals surface area contributed by atoms with Crippen molar-refractivity contribution < 1.29 is 9.52 Å². The molecule has 2 aromatic rings. The van der Waals surface area contributed by atoms with Crippen LogP contribution < -0.4 is 0 Å². The third kappa shape index (κ3) is 3.23. The van der Waals surface area contributed by atoms with Crippen molar-refractivity contribution in [2.24, 2.45) is 0 Å². The number of β-amino-alcohol motifs (C(OH)–C–C–N with tert-alkyl or cyclic N) is 1. The molecule has 2 heterocycles. The van der Waals surface area contributed by atoms with Crippen LogP contribution in [0.5, 0.6) is 0 Å². The van der Waals surface area contributed by atoms with Gasteiger partial charge in [0.05, 0.1) is 12.6 Å². The molecule has 3 nitrogen and oxygen atoms in total. The summed E-state index contributed by atoms with van der Waals surface area (Å²) in [5.74, 6) is 1.76. The summed E-state index contributed by atoms with van der Waals surface area (Å²) < 4.78 is 5.88. The maximum atomic E-state index is 9.68. The predicted molar refractivity (Wildman–Crippen MR) is 79.7 cm³/mol. The Kier molecular flexibility index (Phi) is 4.10. The van der Waals surface area contributed by atoms with Crippen LogP contribution in [0.25, 0.3) is 11.3 Å². The van der Waals surface area contributed by atoms with E-state index >= 15 is 0 Å². The van der Waals surface area contributed by atoms with Gasteiger partial charge in [-0.15, -0.1) is 0 Å². The molecule has 1 aromatic heterocycles. The zero-order valence-corrected chi connectivity index (χ0v) is 12.0. The molecule has 0 aliphatic carbocycles. The van der Waals surface area contributed by atoms with Crippen LogP contribution in [-0.2, 0) is 6.54 Å². The average molecular weight is 292 g/mol. The molecule has 1 fully saturated rings. The second-order valence-corrected chi connectivity index (χ2v) is 5.74. The molecule has 0 radical (unpaired) electrons. The summed E-state index contributed by atoms with van der Waals surface area (Å²) in [6.45, 7) is 2.50. The van der Waals surface area contributed by atoms with E-state index in [4.69, 9.17) is 16.0 Å². The normalized spacial score (nSPS) is 20.2. The lowest BCUT2D eigenvalue weighted by molar-refractivity contribution is 0.0635. The van der Waals surface area contributed by atoms with Crippen molar-refractivity contribution >= 4 is 11.6 Å². The molecule has 0 saturated carbocycles. The molecule has 1 aromatic carbocycles. The van der Waals surface area contributed by atoms with Gasteiger partial charge in [0.25, 0.3) is 0 Å². The minimum Gasteiger partial charge on any atom is -0.460 e. The van der Waals surface area contributed by atoms with Gasteiger partial charge < -0.3 is 9.52 Å². The SMILES string of the molecule is OC1CCCN(Cc2ccc(-c3cccc(Cl)c3)o2)C1. The molecule has 0 bridgehead atoms. The number of hydrogen-bond acceptors (Lipinski definition) is 3. The molecule has 106 valence electrons. The molecule has 4 heteroatoms. The second-order valence-electron chi connectivity index (χ2n) is 5.31. The van der Waals surface area contributed by atoms with Crippen molar-refractivity contribution in [2.75, 3.05) is 13.1 Å². The largest absolute Gasteiger partial charge is 0.460 e. The van der Waals surface area contributed by atoms with Gasteiger partial charge in [-0.25, -0.2) is 0 Å². The molecule has 1 saturated heterocycles. The second kappa shape index (κ2) is 6.00. The molecule has 1 atom stereocenters. The number of hydrogen-bond donors (Lipinski definition) is 1. The fourth-order valence-corrected chi connectivity index (χ4v) is 2.85. The van der Waals surface area contributed by atoms with Crippen molar-refractivity contribution in [1.82, 2.24) is 4.90 Å². The van der Waals surface area contributed by atoms with E-state index in [9.17, 15) is 5.11 Å². The molecular formula is C16H18ClNO2. The highest BCUT2D eigenvalue weighted by Crippen LogP contribution is 2.25. The number of rotatable bonds is 3. The van der Waals surface area contributed by atoms with E-state index in [-0.39, 0.29) is 6.10 Å². The summed E-state index contributed by atoms with van der Waals surface area (Å²) in [6, 6.07) is 11.6. The lowest BCUT2D eigenvalue weighted by atomic mass is 10.1. The van der Waals surface area contributed by atoms with Crippen LogP contribution in [0.2, 0.25) is 5.02 Å². The number of benzene rings is 1. The third-order valence-electron chi connectivity index (χ3n) is 3.63. The fraction of sp³-hybridized carbons (Fsp3) is 0.375. The van der Waals surface area contributed by atoms with Crippen molar-refractivity contribution in [3.8, 4) is 11.3 Å². The molecule has 1 aliphatic heterocycles. The highest BCUT2D eigenvalue weighted by molar-refractivity contribution is 6.30. The first-order valence-corrected chi connectivity index (χ1v) is 7.33. The van der Waals surface area contributed by atoms with E-state index < -0.39 is 0 Å². The van der Waals surface area contributed by atoms with Crippen molar-refractivity contribution in [2.45, 2.75) is 25.5 Å². The number of furan rings is 1. The van der Waals surface area contributed by atoms with Gasteiger partial charge in [-0.1, -0.05) is 23.7 Å². The lowest BCUT2D eigenvalue weighted by Gasteiger charge is -2.29. The average Bonchev–Trinajstić information content (AvgIpc) is 2.87. The van der Waals surface area contributed by atoms with Crippen molar-refractivity contribution in [3.05, 3.63) is 47.2 Å². The zero-order valence-electron chi connectivity index (χ0n) is 11.3. The highest BCUT2D eigenvalue weighted by atomic mass is 35.5. The summed E-state index contributed by atoms with van der Waals surface area (Å²) in [4.78, 5) is 2.23. The first-order chi connectivity index (χ1) is 9.70. The van der Waals surface area contributed by atoms with Gasteiger partial charge in [0.15, 0.2) is 0 Å². The fourth-order valence-electron chi connectivity index (χ4n) is 2.65. The summed E-state index contributed by atoms with van der Waals surface area (Å²) in [7, 11) is 0. The lowest BCUT2D eigenvalue weighted by Crippen LogP contribution is -2.37. The number of nitrogens with zero attached hydrogens (tertiary/aromatic N) is 1. The van der Waals surface area contributed by atoms with Gasteiger partial charge in [0.2, 0.25) is 0 Å². The van der Waals surface area contributed by atoms with Gasteiger partial charge in [-0.2, -0.15) is 0 Å². The maximum absolute atomic E-state index is 9.68. The topological polar surface area (TPSA) is 36.6 Å². The smallest absolute Gasteiger partial charge is 0.134 e.